The van der Waals surface area contributed by atoms with Gasteiger partial charge in [0.05, 0.1) is 22.8 Å². The highest BCUT2D eigenvalue weighted by Crippen LogP contribution is 2.40. The Morgan fingerprint density at radius 2 is 0.731 bits per heavy atom. The minimum Gasteiger partial charge on any atom is -0.508 e. The number of allylic oxidation sites excluding steroid dienone is 1. The number of carbonyl (C=O) groups is 2. The van der Waals surface area contributed by atoms with Crippen LogP contribution in [0.3, 0.4) is 0 Å². The van der Waals surface area contributed by atoms with E-state index in [9.17, 15) is 40.2 Å². The SMILES string of the molecule is C.Cc1cc(C)cc(N)c1.Cc1cc(C)cc(NC(=O)OC2/C=C/CCCCC2)c1.Cc1cc(C)cc(NC(=O)OC2CCCCCC3C(c4ccc(O)cc4)=NN=C(c4ccc(O)cc4)C23)c1.N#N.O=C=O.Oc1ccc(-c2nnc(-c3ccc(O)cc3)c3c2CCCCCC3)cc1.Oc1ccc(-c2nnc(-c3ccc(O)cc3)nn2)cc1. The molecule has 3 aliphatic carbocycles. The Morgan fingerprint density at radius 3 is 1.13 bits per heavy atom. The summed E-state index contributed by atoms with van der Waals surface area (Å²) < 4.78 is 11.7. The second-order valence-corrected chi connectivity index (χ2v) is 29.3. The van der Waals surface area contributed by atoms with Crippen LogP contribution in [0.1, 0.15) is 153 Å². The first kappa shape index (κ1) is 90.6. The first-order valence-corrected chi connectivity index (χ1v) is 39.2. The van der Waals surface area contributed by atoms with Gasteiger partial charge < -0.3 is 45.8 Å². The third-order valence-electron chi connectivity index (χ3n) is 19.8. The number of aromatic nitrogens is 6. The minimum absolute atomic E-state index is 0. The molecule has 119 heavy (non-hydrogen) atoms. The van der Waals surface area contributed by atoms with Crippen LogP contribution in [-0.4, -0.2) is 103 Å². The summed E-state index contributed by atoms with van der Waals surface area (Å²) in [6, 6.07) is 59.2. The van der Waals surface area contributed by atoms with Gasteiger partial charge in [0, 0.05) is 61.9 Å². The van der Waals surface area contributed by atoms with Gasteiger partial charge in [-0.2, -0.15) is 19.8 Å². The number of nitrogens with two attached hydrogens (primary N) is 1. The fourth-order valence-electron chi connectivity index (χ4n) is 14.6. The van der Waals surface area contributed by atoms with E-state index in [1.165, 1.54) is 47.9 Å². The van der Waals surface area contributed by atoms with Gasteiger partial charge in [0.15, 0.2) is 0 Å². The largest absolute Gasteiger partial charge is 0.508 e. The molecule has 3 heterocycles. The topological polar surface area (TPSA) is 408 Å². The standard InChI is InChI=1S/C31H33N3O4.C22H22N2O2.C17H23NO2.C14H10N4O2.C8H11N.CO2.CH4.N2/c1-19-16-20(2)18-23(17-19)32-31(37)38-27-7-5-3-4-6-26-28(27)30(22-10-14-25(36)15-11-22)34-33-29(26)21-8-12-24(35)13-9-21;25-17-11-7-15(8-12-17)21-19-5-3-1-2-4-6-20(19)22(24-23-21)16-9-13-18(26)14-10-16;1-13-10-14(2)12-15(11-13)18-17(19)20-16-8-6-4-3-5-7-9-16;19-11-5-1-9(2-6-11)13-15-17-14(18-16-13)10-3-7-12(20)8-4-10;1-6-3-7(2)5-8(9)4-6;2-1-3;;1-2/h8-18,26-28,35-36H,3-7H2,1-2H3,(H,32,37);7-14,25-26H,1-6H2;6,8,10-12,16H,3-5,7,9H2,1-2H3,(H,18,19);1-8,19-20H;3-5H,9H2,1-2H3;;1H4;/b;;8-6+;;;;;. The maximum Gasteiger partial charge on any atom is 0.412 e. The van der Waals surface area contributed by atoms with Crippen molar-refractivity contribution < 1.29 is 59.3 Å². The van der Waals surface area contributed by atoms with Gasteiger partial charge in [0.25, 0.3) is 0 Å². The molecule has 0 saturated heterocycles. The lowest BCUT2D eigenvalue weighted by Crippen LogP contribution is -2.44. The number of nitrogen functional groups attached to an aromatic ring is 1. The van der Waals surface area contributed by atoms with Crippen LogP contribution in [0.4, 0.5) is 26.7 Å². The molecule has 0 bridgehead atoms. The molecular formula is C94H103N13O12. The van der Waals surface area contributed by atoms with Gasteiger partial charge >= 0.3 is 18.3 Å². The van der Waals surface area contributed by atoms with Crippen LogP contribution in [0.5, 0.6) is 34.5 Å². The van der Waals surface area contributed by atoms with E-state index in [-0.39, 0.29) is 72.1 Å². The van der Waals surface area contributed by atoms with Crippen LogP contribution in [0.15, 0.2) is 223 Å². The zero-order chi connectivity index (χ0) is 84.5. The van der Waals surface area contributed by atoms with E-state index in [1.54, 1.807) is 97.1 Å². The second-order valence-electron chi connectivity index (χ2n) is 29.3. The summed E-state index contributed by atoms with van der Waals surface area (Å²) in [5.41, 5.74) is 25.9. The Balaban J connectivity index is 0.000000192. The molecule has 1 aliphatic heterocycles. The van der Waals surface area contributed by atoms with E-state index in [0.717, 1.165) is 160 Å². The van der Waals surface area contributed by atoms with E-state index in [1.807, 2.05) is 133 Å². The molecule has 10 N–H and O–H groups in total. The number of aromatic hydroxyl groups is 6. The summed E-state index contributed by atoms with van der Waals surface area (Å²) >= 11 is 0. The average molecular weight is 1610 g/mol. The van der Waals surface area contributed by atoms with Gasteiger partial charge in [-0.3, -0.25) is 10.6 Å². The number of rotatable bonds is 10. The van der Waals surface area contributed by atoms with E-state index >= 15 is 0 Å². The predicted octanol–water partition coefficient (Wildman–Crippen LogP) is 20.3. The van der Waals surface area contributed by atoms with Crippen LogP contribution < -0.4 is 16.4 Å². The number of nitrogens with zero attached hydrogens (tertiary/aromatic N) is 10. The normalized spacial score (nSPS) is 15.9. The van der Waals surface area contributed by atoms with Crippen molar-refractivity contribution in [3.63, 3.8) is 0 Å². The monoisotopic (exact) mass is 1610 g/mol. The number of ether oxygens (including phenoxy) is 2. The number of aryl methyl sites for hydroxylation is 6. The number of carbonyl (C=O) groups excluding carboxylic acids is 4. The fourth-order valence-corrected chi connectivity index (χ4v) is 14.6. The molecule has 9 aromatic carbocycles. The van der Waals surface area contributed by atoms with E-state index in [0.29, 0.717) is 23.8 Å². The summed E-state index contributed by atoms with van der Waals surface area (Å²) in [4.78, 5) is 41.4. The molecule has 25 nitrogen and oxygen atoms in total. The third-order valence-corrected chi connectivity index (χ3v) is 19.8. The number of hydrogen-bond acceptors (Lipinski definition) is 23. The zero-order valence-corrected chi connectivity index (χ0v) is 67.0. The summed E-state index contributed by atoms with van der Waals surface area (Å²) in [5, 5.41) is 110. The maximum absolute atomic E-state index is 13.2. The van der Waals surface area contributed by atoms with Crippen molar-refractivity contribution in [3.8, 4) is 79.8 Å². The summed E-state index contributed by atoms with van der Waals surface area (Å²) in [5.74, 6) is 1.75. The van der Waals surface area contributed by atoms with Crippen molar-refractivity contribution in [2.24, 2.45) is 22.0 Å². The Morgan fingerprint density at radius 1 is 0.403 bits per heavy atom. The fraction of sp³-hybridized carbons (Fsp3) is 0.287. The zero-order valence-electron chi connectivity index (χ0n) is 67.0. The minimum atomic E-state index is -0.488. The van der Waals surface area contributed by atoms with E-state index in [4.69, 9.17) is 35.6 Å². The predicted molar refractivity (Wildman–Crippen MR) is 461 cm³/mol. The van der Waals surface area contributed by atoms with Crippen LogP contribution in [-0.2, 0) is 31.9 Å². The smallest absolute Gasteiger partial charge is 0.412 e. The highest BCUT2D eigenvalue weighted by atomic mass is 16.6. The van der Waals surface area contributed by atoms with Crippen molar-refractivity contribution in [2.45, 2.75) is 164 Å². The second kappa shape index (κ2) is 45.9. The Bertz CT molecular complexity index is 5020. The number of phenolic OH excluding ortho intramolecular Hbond substituents is 6. The van der Waals surface area contributed by atoms with Gasteiger partial charge in [-0.1, -0.05) is 63.8 Å². The lowest BCUT2D eigenvalue weighted by atomic mass is 9.71. The molecule has 0 radical (unpaired) electrons. The number of benzene rings is 9. The molecule has 4 unspecified atom stereocenters. The molecule has 25 heteroatoms. The van der Waals surface area contributed by atoms with Crippen LogP contribution in [0.25, 0.3) is 45.3 Å². The van der Waals surface area contributed by atoms with Crippen LogP contribution in [0, 0.1) is 64.2 Å². The molecule has 1 fully saturated rings. The number of hydrogen-bond donors (Lipinski definition) is 9. The quantitative estimate of drug-likeness (QED) is 0.0349. The Kier molecular flexibility index (Phi) is 35.0. The van der Waals surface area contributed by atoms with Gasteiger partial charge in [0.2, 0.25) is 11.6 Å². The highest BCUT2D eigenvalue weighted by Gasteiger charge is 2.42. The van der Waals surface area contributed by atoms with Gasteiger partial charge in [-0.05, 0) is 356 Å². The molecule has 616 valence electrons. The average Bonchev–Trinajstić information content (AvgIpc) is 0.746. The number of nitrogens with one attached hydrogen (secondary N) is 2. The van der Waals surface area contributed by atoms with Crippen molar-refractivity contribution in [1.82, 2.24) is 30.6 Å². The molecule has 4 aliphatic rings. The van der Waals surface area contributed by atoms with Crippen LogP contribution >= 0.6 is 0 Å². The van der Waals surface area contributed by atoms with Crippen molar-refractivity contribution in [1.29, 1.82) is 10.8 Å². The lowest BCUT2D eigenvalue weighted by molar-refractivity contribution is -0.191. The number of amides is 2. The van der Waals surface area contributed by atoms with Crippen molar-refractivity contribution in [3.05, 3.63) is 268 Å². The van der Waals surface area contributed by atoms with Gasteiger partial charge in [-0.25, -0.2) is 9.59 Å². The lowest BCUT2D eigenvalue weighted by Gasteiger charge is -2.38. The van der Waals surface area contributed by atoms with Crippen LogP contribution in [0.2, 0.25) is 0 Å². The summed E-state index contributed by atoms with van der Waals surface area (Å²) in [7, 11) is 0. The van der Waals surface area contributed by atoms with Gasteiger partial charge in [0.1, 0.15) is 46.7 Å². The molecule has 1 saturated carbocycles. The van der Waals surface area contributed by atoms with Crippen molar-refractivity contribution >= 4 is 46.8 Å². The Hall–Kier alpha value is -14.0. The first-order chi connectivity index (χ1) is 57.0. The van der Waals surface area contributed by atoms with Crippen molar-refractivity contribution in [2.75, 3.05) is 16.4 Å². The third kappa shape index (κ3) is 27.9. The Labute approximate surface area is 694 Å². The molecule has 2 amide bonds. The summed E-state index contributed by atoms with van der Waals surface area (Å²) in [6.45, 7) is 12.1. The molecule has 11 aromatic rings. The molecule has 2 aromatic heterocycles. The van der Waals surface area contributed by atoms with E-state index < -0.39 is 12.2 Å². The summed E-state index contributed by atoms with van der Waals surface area (Å²) in [6.07, 6.45) is 19.9. The number of anilines is 3. The van der Waals surface area contributed by atoms with E-state index in [2.05, 4.69) is 75.7 Å². The number of phenols is 6. The number of fused-ring (bicyclic) bond motifs is 2. The molecule has 4 atom stereocenters. The maximum atomic E-state index is 13.2. The highest BCUT2D eigenvalue weighted by molar-refractivity contribution is 6.12. The first-order valence-electron chi connectivity index (χ1n) is 39.2. The molecule has 15 rings (SSSR count). The van der Waals surface area contributed by atoms with Gasteiger partial charge in [-0.15, -0.1) is 30.6 Å². The molecular weight excluding hydrogens is 1500 g/mol. The molecule has 0 spiro atoms.